The van der Waals surface area contributed by atoms with E-state index in [9.17, 15) is 0 Å². The number of amidine groups is 1. The van der Waals surface area contributed by atoms with Gasteiger partial charge in [0.2, 0.25) is 0 Å². The Morgan fingerprint density at radius 2 is 2.00 bits per heavy atom. The van der Waals surface area contributed by atoms with Crippen LogP contribution in [0.15, 0.2) is 0 Å². The van der Waals surface area contributed by atoms with Crippen LogP contribution in [-0.4, -0.2) is 43.3 Å². The number of ether oxygens (including phenoxy) is 1. The zero-order chi connectivity index (χ0) is 7.40. The van der Waals surface area contributed by atoms with Crippen molar-refractivity contribution < 1.29 is 4.74 Å². The van der Waals surface area contributed by atoms with Crippen molar-refractivity contribution in [2.45, 2.75) is 0 Å². The first kappa shape index (κ1) is 7.21. The van der Waals surface area contributed by atoms with Gasteiger partial charge in [0.1, 0.15) is 5.84 Å². The first-order valence-corrected chi connectivity index (χ1v) is 3.26. The van der Waals surface area contributed by atoms with Crippen LogP contribution < -0.4 is 0 Å². The van der Waals surface area contributed by atoms with Crippen LogP contribution >= 0.6 is 0 Å². The zero-order valence-electron chi connectivity index (χ0n) is 5.76. The molecule has 0 saturated carbocycles. The summed E-state index contributed by atoms with van der Waals surface area (Å²) in [6.07, 6.45) is 1.06. The van der Waals surface area contributed by atoms with E-state index in [1.807, 2.05) is 4.90 Å². The molecule has 0 atom stereocenters. The zero-order valence-corrected chi connectivity index (χ0v) is 5.76. The average Bonchev–Trinajstić information content (AvgIpc) is 2.05. The highest BCUT2D eigenvalue weighted by Gasteiger charge is 2.10. The maximum absolute atomic E-state index is 7.26. The molecule has 2 N–H and O–H groups in total. The fraction of sp³-hybridized carbons (Fsp3) is 0.667. The highest BCUT2D eigenvalue weighted by Crippen LogP contribution is 1.95. The number of nitrogens with zero attached hydrogens (tertiary/aromatic N) is 1. The predicted octanol–water partition coefficient (Wildman–Crippen LogP) is -0.0546. The molecule has 10 heavy (non-hydrogen) atoms. The molecule has 0 amide bonds. The van der Waals surface area contributed by atoms with Gasteiger partial charge in [0.25, 0.3) is 0 Å². The Labute approximate surface area is 59.8 Å². The molecule has 0 radical (unpaired) electrons. The SMILES string of the molecule is N=CC(=N)N1CCOCC1. The van der Waals surface area contributed by atoms with Gasteiger partial charge < -0.3 is 15.0 Å². The van der Waals surface area contributed by atoms with Crippen molar-refractivity contribution in [1.82, 2.24) is 4.90 Å². The van der Waals surface area contributed by atoms with E-state index >= 15 is 0 Å². The third-order valence-corrected chi connectivity index (χ3v) is 1.49. The van der Waals surface area contributed by atoms with Crippen LogP contribution in [0.4, 0.5) is 0 Å². The van der Waals surface area contributed by atoms with E-state index in [0.29, 0.717) is 13.2 Å². The standard InChI is InChI=1S/C6H11N3O/c7-5-6(8)9-1-3-10-4-2-9/h5,7-8H,1-4H2. The highest BCUT2D eigenvalue weighted by molar-refractivity contribution is 6.26. The van der Waals surface area contributed by atoms with Gasteiger partial charge in [-0.3, -0.25) is 5.41 Å². The summed E-state index contributed by atoms with van der Waals surface area (Å²) in [5.74, 6) is 0.281. The van der Waals surface area contributed by atoms with Gasteiger partial charge in [-0.25, -0.2) is 0 Å². The maximum atomic E-state index is 7.26. The van der Waals surface area contributed by atoms with E-state index in [1.54, 1.807) is 0 Å². The molecule has 4 heteroatoms. The lowest BCUT2D eigenvalue weighted by Crippen LogP contribution is -2.40. The minimum atomic E-state index is 0.281. The topological polar surface area (TPSA) is 60.2 Å². The predicted molar refractivity (Wildman–Crippen MR) is 38.9 cm³/mol. The number of hydrogen-bond donors (Lipinski definition) is 2. The normalized spacial score (nSPS) is 18.6. The van der Waals surface area contributed by atoms with Crippen LogP contribution in [0.1, 0.15) is 0 Å². The molecule has 0 unspecified atom stereocenters. The Balaban J connectivity index is 2.38. The number of nitrogens with one attached hydrogen (secondary N) is 2. The van der Waals surface area contributed by atoms with Crippen molar-refractivity contribution in [3.63, 3.8) is 0 Å². The van der Waals surface area contributed by atoms with Gasteiger partial charge in [-0.15, -0.1) is 0 Å². The molecule has 0 aliphatic carbocycles. The molecular formula is C6H11N3O. The number of morpholine rings is 1. The molecule has 56 valence electrons. The Bertz CT molecular complexity index is 140. The lowest BCUT2D eigenvalue weighted by molar-refractivity contribution is 0.0686. The van der Waals surface area contributed by atoms with Crippen molar-refractivity contribution in [3.05, 3.63) is 0 Å². The molecule has 1 aliphatic heterocycles. The van der Waals surface area contributed by atoms with Crippen molar-refractivity contribution in [2.24, 2.45) is 0 Å². The van der Waals surface area contributed by atoms with Crippen LogP contribution in [0.3, 0.4) is 0 Å². The van der Waals surface area contributed by atoms with E-state index in [-0.39, 0.29) is 5.84 Å². The van der Waals surface area contributed by atoms with E-state index in [2.05, 4.69) is 0 Å². The smallest absolute Gasteiger partial charge is 0.138 e. The second kappa shape index (κ2) is 3.31. The largest absolute Gasteiger partial charge is 0.378 e. The van der Waals surface area contributed by atoms with Crippen molar-refractivity contribution in [3.8, 4) is 0 Å². The molecule has 4 nitrogen and oxygen atoms in total. The van der Waals surface area contributed by atoms with Crippen molar-refractivity contribution >= 4 is 12.1 Å². The lowest BCUT2D eigenvalue weighted by Gasteiger charge is -2.26. The molecule has 1 heterocycles. The fourth-order valence-electron chi connectivity index (χ4n) is 0.896. The summed E-state index contributed by atoms with van der Waals surface area (Å²) in [5, 5.41) is 14.1. The number of rotatable bonds is 1. The minimum absolute atomic E-state index is 0.281. The van der Waals surface area contributed by atoms with Crippen molar-refractivity contribution in [2.75, 3.05) is 26.3 Å². The monoisotopic (exact) mass is 141 g/mol. The van der Waals surface area contributed by atoms with Gasteiger partial charge in [0.15, 0.2) is 0 Å². The second-order valence-corrected chi connectivity index (χ2v) is 2.13. The van der Waals surface area contributed by atoms with Crippen LogP contribution in [-0.2, 0) is 4.74 Å². The average molecular weight is 141 g/mol. The summed E-state index contributed by atoms with van der Waals surface area (Å²) in [5.41, 5.74) is 0. The van der Waals surface area contributed by atoms with Gasteiger partial charge in [-0.2, -0.15) is 0 Å². The first-order chi connectivity index (χ1) is 4.84. The summed E-state index contributed by atoms with van der Waals surface area (Å²) < 4.78 is 5.08. The molecular weight excluding hydrogens is 130 g/mol. The van der Waals surface area contributed by atoms with E-state index in [0.717, 1.165) is 19.3 Å². The van der Waals surface area contributed by atoms with Gasteiger partial charge in [-0.05, 0) is 0 Å². The molecule has 0 bridgehead atoms. The fourth-order valence-corrected chi connectivity index (χ4v) is 0.896. The lowest BCUT2D eigenvalue weighted by atomic mass is 10.4. The Hall–Kier alpha value is -0.900. The molecule has 1 aliphatic rings. The van der Waals surface area contributed by atoms with E-state index < -0.39 is 0 Å². The third kappa shape index (κ3) is 1.54. The molecule has 1 fully saturated rings. The molecule has 0 aromatic rings. The summed E-state index contributed by atoms with van der Waals surface area (Å²) in [6.45, 7) is 2.84. The highest BCUT2D eigenvalue weighted by atomic mass is 16.5. The maximum Gasteiger partial charge on any atom is 0.138 e. The number of hydrogen-bond acceptors (Lipinski definition) is 3. The molecule has 1 rings (SSSR count). The summed E-state index contributed by atoms with van der Waals surface area (Å²) in [6, 6.07) is 0. The summed E-state index contributed by atoms with van der Waals surface area (Å²) >= 11 is 0. The quantitative estimate of drug-likeness (QED) is 0.397. The van der Waals surface area contributed by atoms with Gasteiger partial charge in [0, 0.05) is 13.1 Å². The molecule has 0 spiro atoms. The van der Waals surface area contributed by atoms with Gasteiger partial charge in [-0.1, -0.05) is 0 Å². The van der Waals surface area contributed by atoms with Crippen LogP contribution in [0.25, 0.3) is 0 Å². The van der Waals surface area contributed by atoms with Gasteiger partial charge >= 0.3 is 0 Å². The summed E-state index contributed by atoms with van der Waals surface area (Å²) in [4.78, 5) is 1.83. The van der Waals surface area contributed by atoms with Gasteiger partial charge in [0.05, 0.1) is 19.4 Å². The van der Waals surface area contributed by atoms with Crippen molar-refractivity contribution in [1.29, 1.82) is 10.8 Å². The molecule has 0 aromatic heterocycles. The first-order valence-electron chi connectivity index (χ1n) is 3.26. The minimum Gasteiger partial charge on any atom is -0.378 e. The van der Waals surface area contributed by atoms with Crippen LogP contribution in [0.5, 0.6) is 0 Å². The Kier molecular flexibility index (Phi) is 2.39. The van der Waals surface area contributed by atoms with Crippen LogP contribution in [0, 0.1) is 10.8 Å². The Morgan fingerprint density at radius 3 is 2.50 bits per heavy atom. The molecule has 0 aromatic carbocycles. The third-order valence-electron chi connectivity index (χ3n) is 1.49. The molecule has 1 saturated heterocycles. The van der Waals surface area contributed by atoms with E-state index in [1.165, 1.54) is 0 Å². The van der Waals surface area contributed by atoms with Crippen LogP contribution in [0.2, 0.25) is 0 Å². The summed E-state index contributed by atoms with van der Waals surface area (Å²) in [7, 11) is 0. The van der Waals surface area contributed by atoms with E-state index in [4.69, 9.17) is 15.6 Å². The second-order valence-electron chi connectivity index (χ2n) is 2.13. The Morgan fingerprint density at radius 1 is 1.40 bits per heavy atom.